The number of rotatable bonds is 10. The standard InChI is InChI=1S/C19H27ClN2O.C19H25ClN2O.C18H25ClN2O/c1-23-19-7-5-16(20)13-18(19)22-10-8-21(9-11-22)17-6-3-14-2-4-15(17)12-14;1-23-19-5-4-17(20)12-18(19)22-8-6-21(7-9-22)13-16-11-14-2-3-15(16)10-14;1-22-18-5-4-15(19)12-17(18)21-8-6-20(7-9-21)16-11-13-2-3-14(16)10-13/h5,7,13-15,17H,2-4,6,8-12H2,1H3;2-5,12,14-16H,6-11,13H2,1H3;4-5,12-14,16H,2-3,6-11H2,1H3. The average Bonchev–Trinajstić information content (AvgIpc) is 4.25. The number of halogens is 3. The third kappa shape index (κ3) is 11.0. The first kappa shape index (κ1) is 48.6. The number of benzene rings is 3. The molecule has 0 N–H and O–H groups in total. The molecule has 8 fully saturated rings. The van der Waals surface area contributed by atoms with Crippen LogP contribution in [-0.4, -0.2) is 133 Å². The van der Waals surface area contributed by atoms with Crippen LogP contribution in [0.4, 0.5) is 17.1 Å². The Labute approximate surface area is 422 Å². The van der Waals surface area contributed by atoms with Crippen LogP contribution in [0.2, 0.25) is 15.1 Å². The van der Waals surface area contributed by atoms with Gasteiger partial charge in [0.25, 0.3) is 0 Å². The lowest BCUT2D eigenvalue weighted by Crippen LogP contribution is -2.52. The molecule has 6 bridgehead atoms. The van der Waals surface area contributed by atoms with Gasteiger partial charge in [-0.3, -0.25) is 14.7 Å². The van der Waals surface area contributed by atoms with Gasteiger partial charge < -0.3 is 28.9 Å². The summed E-state index contributed by atoms with van der Waals surface area (Å²) in [6, 6.07) is 19.4. The molecule has 6 aliphatic carbocycles. The summed E-state index contributed by atoms with van der Waals surface area (Å²) in [5, 5.41) is 2.34. The molecule has 0 amide bonds. The average molecular weight is 989 g/mol. The van der Waals surface area contributed by atoms with Gasteiger partial charge in [-0.1, -0.05) is 59.8 Å². The Kier molecular flexibility index (Phi) is 15.8. The third-order valence-electron chi connectivity index (χ3n) is 18.0. The maximum atomic E-state index is 6.19. The summed E-state index contributed by atoms with van der Waals surface area (Å²) < 4.78 is 16.5. The van der Waals surface area contributed by atoms with E-state index in [0.29, 0.717) is 0 Å². The molecule has 5 saturated carbocycles. The summed E-state index contributed by atoms with van der Waals surface area (Å²) in [4.78, 5) is 15.4. The normalized spacial score (nSPS) is 31.1. The Morgan fingerprint density at radius 3 is 1.37 bits per heavy atom. The highest BCUT2D eigenvalue weighted by Crippen LogP contribution is 2.48. The highest BCUT2D eigenvalue weighted by Gasteiger charge is 2.43. The molecule has 9 aliphatic rings. The van der Waals surface area contributed by atoms with Crippen LogP contribution in [0.3, 0.4) is 0 Å². The Balaban J connectivity index is 0.000000119. The molecule has 9 nitrogen and oxygen atoms in total. The summed E-state index contributed by atoms with van der Waals surface area (Å²) in [6.07, 6.45) is 21.0. The molecule has 12 heteroatoms. The van der Waals surface area contributed by atoms with E-state index in [9.17, 15) is 0 Å². The minimum Gasteiger partial charge on any atom is -0.495 e. The van der Waals surface area contributed by atoms with E-state index in [4.69, 9.17) is 49.0 Å². The van der Waals surface area contributed by atoms with Crippen molar-refractivity contribution in [3.05, 3.63) is 81.8 Å². The summed E-state index contributed by atoms with van der Waals surface area (Å²) in [5.41, 5.74) is 3.41. The number of fused-ring (bicyclic) bond motifs is 6. The van der Waals surface area contributed by atoms with E-state index in [-0.39, 0.29) is 0 Å². The fraction of sp³-hybridized carbons (Fsp3) is 0.643. The first-order chi connectivity index (χ1) is 33.2. The third-order valence-corrected chi connectivity index (χ3v) is 18.7. The van der Waals surface area contributed by atoms with Gasteiger partial charge in [0.1, 0.15) is 17.2 Å². The van der Waals surface area contributed by atoms with Gasteiger partial charge in [0.15, 0.2) is 0 Å². The minimum absolute atomic E-state index is 0.775. The van der Waals surface area contributed by atoms with E-state index in [1.807, 2.05) is 54.6 Å². The van der Waals surface area contributed by atoms with E-state index in [1.54, 1.807) is 21.3 Å². The van der Waals surface area contributed by atoms with Crippen LogP contribution in [0.5, 0.6) is 17.2 Å². The molecular weight excluding hydrogens is 911 g/mol. The zero-order valence-electron chi connectivity index (χ0n) is 41.1. The van der Waals surface area contributed by atoms with E-state index in [0.717, 1.165) is 155 Å². The molecule has 370 valence electrons. The summed E-state index contributed by atoms with van der Waals surface area (Å²) >= 11 is 18.5. The van der Waals surface area contributed by atoms with Gasteiger partial charge in [-0.05, 0) is 154 Å². The molecule has 68 heavy (non-hydrogen) atoms. The Hall–Kier alpha value is -3.05. The minimum atomic E-state index is 0.775. The second-order valence-electron chi connectivity index (χ2n) is 21.6. The van der Waals surface area contributed by atoms with Crippen LogP contribution in [-0.2, 0) is 0 Å². The topological polar surface area (TPSA) is 47.1 Å². The predicted octanol–water partition coefficient (Wildman–Crippen LogP) is 11.4. The highest BCUT2D eigenvalue weighted by molar-refractivity contribution is 6.31. The number of piperazine rings is 3. The molecule has 9 unspecified atom stereocenters. The van der Waals surface area contributed by atoms with Crippen molar-refractivity contribution < 1.29 is 14.2 Å². The molecule has 0 spiro atoms. The number of nitrogens with zero attached hydrogens (tertiary/aromatic N) is 6. The molecule has 9 atom stereocenters. The second-order valence-corrected chi connectivity index (χ2v) is 23.0. The monoisotopic (exact) mass is 987 g/mol. The van der Waals surface area contributed by atoms with Gasteiger partial charge >= 0.3 is 0 Å². The van der Waals surface area contributed by atoms with Crippen LogP contribution in [0, 0.1) is 41.4 Å². The van der Waals surface area contributed by atoms with Crippen molar-refractivity contribution in [3.63, 3.8) is 0 Å². The zero-order chi connectivity index (χ0) is 46.7. The van der Waals surface area contributed by atoms with E-state index < -0.39 is 0 Å². The second kappa shape index (κ2) is 22.2. The first-order valence-corrected chi connectivity index (χ1v) is 27.5. The smallest absolute Gasteiger partial charge is 0.142 e. The largest absolute Gasteiger partial charge is 0.495 e. The number of methoxy groups -OCH3 is 3. The molecule has 3 heterocycles. The van der Waals surface area contributed by atoms with Crippen LogP contribution in [0.15, 0.2) is 66.7 Å². The van der Waals surface area contributed by atoms with Crippen molar-refractivity contribution in [2.75, 3.05) is 121 Å². The van der Waals surface area contributed by atoms with E-state index >= 15 is 0 Å². The molecule has 3 aliphatic heterocycles. The molecule has 0 aromatic heterocycles. The van der Waals surface area contributed by atoms with Crippen LogP contribution < -0.4 is 28.9 Å². The van der Waals surface area contributed by atoms with Gasteiger partial charge in [-0.2, -0.15) is 0 Å². The van der Waals surface area contributed by atoms with E-state index in [2.05, 4.69) is 41.6 Å². The van der Waals surface area contributed by atoms with E-state index in [1.165, 1.54) is 103 Å². The fourth-order valence-corrected chi connectivity index (χ4v) is 14.9. The van der Waals surface area contributed by atoms with Gasteiger partial charge in [0.05, 0.1) is 38.4 Å². The number of allylic oxidation sites excluding steroid dienone is 2. The van der Waals surface area contributed by atoms with Crippen molar-refractivity contribution >= 4 is 51.9 Å². The SMILES string of the molecule is COc1ccc(Cl)cc1N1CCN(C2CC3CCC2C3)CC1.COc1ccc(Cl)cc1N1CCN(C2CCC3CCC2C3)CC1.COc1ccc(Cl)cc1N1CCN(CC2CC3C=CC2C3)CC1. The molecular formula is C56H77Cl3N6O3. The number of hydrogen-bond donors (Lipinski definition) is 0. The quantitative estimate of drug-likeness (QED) is 0.185. The highest BCUT2D eigenvalue weighted by atomic mass is 35.5. The van der Waals surface area contributed by atoms with Crippen molar-refractivity contribution in [2.24, 2.45) is 41.4 Å². The molecule has 0 radical (unpaired) electrons. The lowest BCUT2D eigenvalue weighted by molar-refractivity contribution is 0.103. The number of anilines is 3. The van der Waals surface area contributed by atoms with Crippen LogP contribution >= 0.6 is 34.8 Å². The lowest BCUT2D eigenvalue weighted by Gasteiger charge is -2.44. The van der Waals surface area contributed by atoms with Gasteiger partial charge in [-0.15, -0.1) is 0 Å². The van der Waals surface area contributed by atoms with Crippen molar-refractivity contribution in [1.82, 2.24) is 14.7 Å². The Morgan fingerprint density at radius 2 is 0.912 bits per heavy atom. The van der Waals surface area contributed by atoms with Gasteiger partial charge in [0, 0.05) is 112 Å². The maximum absolute atomic E-state index is 6.19. The number of hydrogen-bond acceptors (Lipinski definition) is 9. The Bertz CT molecular complexity index is 2170. The van der Waals surface area contributed by atoms with Crippen molar-refractivity contribution in [3.8, 4) is 17.2 Å². The zero-order valence-corrected chi connectivity index (χ0v) is 43.3. The first-order valence-electron chi connectivity index (χ1n) is 26.4. The van der Waals surface area contributed by atoms with Crippen molar-refractivity contribution in [1.29, 1.82) is 0 Å². The van der Waals surface area contributed by atoms with Crippen LogP contribution in [0.25, 0.3) is 0 Å². The fourth-order valence-electron chi connectivity index (χ4n) is 14.4. The van der Waals surface area contributed by atoms with Crippen LogP contribution in [0.1, 0.15) is 70.6 Å². The van der Waals surface area contributed by atoms with Gasteiger partial charge in [-0.25, -0.2) is 0 Å². The molecule has 3 aromatic carbocycles. The summed E-state index contributed by atoms with van der Waals surface area (Å²) in [5.74, 6) is 9.43. The van der Waals surface area contributed by atoms with Gasteiger partial charge in [0.2, 0.25) is 0 Å². The Morgan fingerprint density at radius 1 is 0.456 bits per heavy atom. The predicted molar refractivity (Wildman–Crippen MR) is 282 cm³/mol. The molecule has 3 saturated heterocycles. The molecule has 3 aromatic rings. The van der Waals surface area contributed by atoms with Crippen molar-refractivity contribution in [2.45, 2.75) is 82.7 Å². The summed E-state index contributed by atoms with van der Waals surface area (Å²) in [7, 11) is 5.20. The number of ether oxygens (including phenoxy) is 3. The lowest BCUT2D eigenvalue weighted by atomic mass is 9.84. The molecule has 12 rings (SSSR count). The maximum Gasteiger partial charge on any atom is 0.142 e. The summed E-state index contributed by atoms with van der Waals surface area (Å²) in [6.45, 7) is 14.6.